The number of aromatic nitrogens is 1. The summed E-state index contributed by atoms with van der Waals surface area (Å²) >= 11 is 1.77. The van der Waals surface area contributed by atoms with E-state index in [-0.39, 0.29) is 0 Å². The first-order valence-corrected chi connectivity index (χ1v) is 8.39. The molecule has 0 spiro atoms. The van der Waals surface area contributed by atoms with Gasteiger partial charge in [-0.15, -0.1) is 11.3 Å². The van der Waals surface area contributed by atoms with Crippen molar-refractivity contribution in [2.75, 3.05) is 39.3 Å². The number of hydrogen-bond acceptors (Lipinski definition) is 6. The molecule has 1 N–H and O–H groups in total. The van der Waals surface area contributed by atoms with Crippen LogP contribution in [0.4, 0.5) is 5.13 Å². The quantitative estimate of drug-likeness (QED) is 0.671. The average molecular weight is 313 g/mol. The highest BCUT2D eigenvalue weighted by Gasteiger charge is 2.31. The zero-order valence-electron chi connectivity index (χ0n) is 13.5. The second kappa shape index (κ2) is 8.08. The van der Waals surface area contributed by atoms with Crippen molar-refractivity contribution in [2.45, 2.75) is 39.0 Å². The highest BCUT2D eigenvalue weighted by atomic mass is 32.1. The van der Waals surface area contributed by atoms with Gasteiger partial charge in [0.25, 0.3) is 0 Å². The normalized spacial score (nSPS) is 16.2. The molecule has 0 bridgehead atoms. The molecule has 1 heterocycles. The Bertz CT molecular complexity index is 435. The van der Waals surface area contributed by atoms with Crippen molar-refractivity contribution in [1.29, 1.82) is 0 Å². The second-order valence-corrected chi connectivity index (χ2v) is 6.72. The van der Waals surface area contributed by atoms with Gasteiger partial charge in [-0.05, 0) is 25.7 Å². The lowest BCUT2D eigenvalue weighted by atomic mass is 10.2. The summed E-state index contributed by atoms with van der Waals surface area (Å²) in [6.07, 6.45) is 2.71. The third kappa shape index (κ3) is 4.64. The minimum absolute atomic E-state index is 0.570. The molecule has 1 atom stereocenters. The van der Waals surface area contributed by atoms with Crippen molar-refractivity contribution in [3.05, 3.63) is 10.6 Å². The van der Waals surface area contributed by atoms with Gasteiger partial charge in [0, 0.05) is 45.3 Å². The number of anilines is 1. The van der Waals surface area contributed by atoms with Gasteiger partial charge in [-0.25, -0.2) is 4.98 Å². The molecule has 1 aromatic heterocycles. The molecular formula is C15H27N3O2S. The fourth-order valence-electron chi connectivity index (χ4n) is 2.35. The molecule has 1 saturated carbocycles. The largest absolute Gasteiger partial charge is 0.383 e. The van der Waals surface area contributed by atoms with Crippen LogP contribution in [0.15, 0.2) is 0 Å². The Balaban J connectivity index is 2.00. The van der Waals surface area contributed by atoms with E-state index in [1.165, 1.54) is 17.7 Å². The van der Waals surface area contributed by atoms with Crippen molar-refractivity contribution in [3.63, 3.8) is 0 Å². The Kier molecular flexibility index (Phi) is 6.41. The summed E-state index contributed by atoms with van der Waals surface area (Å²) < 4.78 is 10.3. The van der Waals surface area contributed by atoms with Gasteiger partial charge in [-0.3, -0.25) is 0 Å². The third-order valence-electron chi connectivity index (χ3n) is 4.03. The molecule has 0 aliphatic heterocycles. The summed E-state index contributed by atoms with van der Waals surface area (Å²) in [5.41, 5.74) is 1.05. The SMILES string of the molecule is COCCNCc1sc(N(C)C(C)C2CC2)nc1COC. The highest BCUT2D eigenvalue weighted by molar-refractivity contribution is 7.15. The minimum atomic E-state index is 0.570. The molecule has 2 rings (SSSR count). The Morgan fingerprint density at radius 1 is 1.38 bits per heavy atom. The fraction of sp³-hybridized carbons (Fsp3) is 0.800. The molecule has 5 nitrogen and oxygen atoms in total. The van der Waals surface area contributed by atoms with Crippen LogP contribution in [0.2, 0.25) is 0 Å². The second-order valence-electron chi connectivity index (χ2n) is 5.66. The summed E-state index contributed by atoms with van der Waals surface area (Å²) in [7, 11) is 5.59. The van der Waals surface area contributed by atoms with E-state index in [0.717, 1.165) is 36.4 Å². The van der Waals surface area contributed by atoms with E-state index in [2.05, 4.69) is 24.2 Å². The molecule has 21 heavy (non-hydrogen) atoms. The summed E-state index contributed by atoms with van der Waals surface area (Å²) in [6.45, 7) is 5.27. The van der Waals surface area contributed by atoms with Crippen LogP contribution in [0.25, 0.3) is 0 Å². The molecule has 0 saturated heterocycles. The van der Waals surface area contributed by atoms with Crippen molar-refractivity contribution in [3.8, 4) is 0 Å². The predicted octanol–water partition coefficient (Wildman–Crippen LogP) is 2.26. The predicted molar refractivity (Wildman–Crippen MR) is 87.0 cm³/mol. The lowest BCUT2D eigenvalue weighted by molar-refractivity contribution is 0.181. The number of ether oxygens (including phenoxy) is 2. The highest BCUT2D eigenvalue weighted by Crippen LogP contribution is 2.37. The van der Waals surface area contributed by atoms with Crippen molar-refractivity contribution >= 4 is 16.5 Å². The van der Waals surface area contributed by atoms with Crippen LogP contribution >= 0.6 is 11.3 Å². The van der Waals surface area contributed by atoms with E-state index in [0.29, 0.717) is 12.6 Å². The fourth-order valence-corrected chi connectivity index (χ4v) is 3.44. The van der Waals surface area contributed by atoms with E-state index in [1.54, 1.807) is 25.6 Å². The van der Waals surface area contributed by atoms with Crippen LogP contribution in [0, 0.1) is 5.92 Å². The smallest absolute Gasteiger partial charge is 0.185 e. The van der Waals surface area contributed by atoms with Crippen LogP contribution in [0.5, 0.6) is 0 Å². The third-order valence-corrected chi connectivity index (χ3v) is 5.22. The molecule has 1 aliphatic rings. The Labute approximate surface area is 131 Å². The van der Waals surface area contributed by atoms with Gasteiger partial charge in [-0.1, -0.05) is 0 Å². The number of thiazole rings is 1. The first-order chi connectivity index (χ1) is 10.2. The van der Waals surface area contributed by atoms with Crippen molar-refractivity contribution in [2.24, 2.45) is 5.92 Å². The van der Waals surface area contributed by atoms with Gasteiger partial charge in [0.1, 0.15) is 0 Å². The molecule has 1 aromatic rings. The van der Waals surface area contributed by atoms with Gasteiger partial charge < -0.3 is 19.7 Å². The average Bonchev–Trinajstić information content (AvgIpc) is 3.25. The maximum Gasteiger partial charge on any atom is 0.185 e. The molecule has 0 radical (unpaired) electrons. The number of nitrogens with zero attached hydrogens (tertiary/aromatic N) is 2. The molecule has 120 valence electrons. The Morgan fingerprint density at radius 2 is 2.14 bits per heavy atom. The van der Waals surface area contributed by atoms with Crippen LogP contribution in [0.3, 0.4) is 0 Å². The zero-order valence-corrected chi connectivity index (χ0v) is 14.3. The molecule has 1 aliphatic carbocycles. The van der Waals surface area contributed by atoms with Gasteiger partial charge in [0.05, 0.1) is 18.9 Å². The lowest BCUT2D eigenvalue weighted by Gasteiger charge is -2.23. The number of hydrogen-bond donors (Lipinski definition) is 1. The minimum Gasteiger partial charge on any atom is -0.383 e. The molecule has 1 unspecified atom stereocenters. The van der Waals surface area contributed by atoms with Gasteiger partial charge in [-0.2, -0.15) is 0 Å². The summed E-state index contributed by atoms with van der Waals surface area (Å²) in [5.74, 6) is 0.841. The van der Waals surface area contributed by atoms with E-state index in [1.807, 2.05) is 0 Å². The standard InChI is InChI=1S/C15H27N3O2S/c1-11(12-5-6-12)18(2)15-17-13(10-20-4)14(21-15)9-16-7-8-19-3/h11-12,16H,5-10H2,1-4H3. The topological polar surface area (TPSA) is 46.6 Å². The van der Waals surface area contributed by atoms with E-state index in [4.69, 9.17) is 14.5 Å². The number of rotatable bonds is 10. The monoisotopic (exact) mass is 313 g/mol. The molecule has 1 fully saturated rings. The van der Waals surface area contributed by atoms with E-state index >= 15 is 0 Å². The molecular weight excluding hydrogens is 286 g/mol. The van der Waals surface area contributed by atoms with Gasteiger partial charge >= 0.3 is 0 Å². The van der Waals surface area contributed by atoms with E-state index < -0.39 is 0 Å². The maximum atomic E-state index is 5.28. The summed E-state index contributed by atoms with van der Waals surface area (Å²) in [6, 6.07) is 0.570. The molecule has 0 aromatic carbocycles. The molecule has 0 amide bonds. The van der Waals surface area contributed by atoms with Gasteiger partial charge in [0.2, 0.25) is 0 Å². The van der Waals surface area contributed by atoms with Crippen molar-refractivity contribution in [1.82, 2.24) is 10.3 Å². The van der Waals surface area contributed by atoms with Crippen LogP contribution in [-0.2, 0) is 22.6 Å². The Hall–Kier alpha value is -0.690. The lowest BCUT2D eigenvalue weighted by Crippen LogP contribution is -2.30. The first-order valence-electron chi connectivity index (χ1n) is 7.57. The van der Waals surface area contributed by atoms with Gasteiger partial charge in [0.15, 0.2) is 5.13 Å². The van der Waals surface area contributed by atoms with Crippen molar-refractivity contribution < 1.29 is 9.47 Å². The van der Waals surface area contributed by atoms with E-state index in [9.17, 15) is 0 Å². The Morgan fingerprint density at radius 3 is 2.76 bits per heavy atom. The summed E-state index contributed by atoms with van der Waals surface area (Å²) in [4.78, 5) is 8.36. The summed E-state index contributed by atoms with van der Waals surface area (Å²) in [5, 5.41) is 4.49. The zero-order chi connectivity index (χ0) is 15.2. The first kappa shape index (κ1) is 16.7. The maximum absolute atomic E-state index is 5.28. The van der Waals surface area contributed by atoms with Crippen LogP contribution < -0.4 is 10.2 Å². The number of nitrogens with one attached hydrogen (secondary N) is 1. The van der Waals surface area contributed by atoms with Crippen LogP contribution in [-0.4, -0.2) is 45.4 Å². The number of methoxy groups -OCH3 is 2. The molecule has 6 heteroatoms. The van der Waals surface area contributed by atoms with Crippen LogP contribution in [0.1, 0.15) is 30.3 Å².